The predicted octanol–water partition coefficient (Wildman–Crippen LogP) is 0.917. The third-order valence-corrected chi connectivity index (χ3v) is 2.54. The predicted molar refractivity (Wildman–Crippen MR) is 67.1 cm³/mol. The van der Waals surface area contributed by atoms with Gasteiger partial charge in [0.2, 0.25) is 0 Å². The van der Waals surface area contributed by atoms with Crippen LogP contribution in [0.15, 0.2) is 18.3 Å². The zero-order chi connectivity index (χ0) is 12.7. The third-order valence-electron chi connectivity index (χ3n) is 2.54. The third kappa shape index (κ3) is 4.50. The smallest absolute Gasteiger partial charge is 0.266 e. The van der Waals surface area contributed by atoms with Gasteiger partial charge in [0.15, 0.2) is 0 Å². The van der Waals surface area contributed by atoms with Crippen LogP contribution < -0.4 is 11.3 Å². The van der Waals surface area contributed by atoms with Crippen molar-refractivity contribution in [2.75, 3.05) is 13.6 Å². The van der Waals surface area contributed by atoms with Gasteiger partial charge in [-0.25, -0.2) is 5.84 Å². The van der Waals surface area contributed by atoms with Crippen molar-refractivity contribution in [2.45, 2.75) is 26.3 Å². The summed E-state index contributed by atoms with van der Waals surface area (Å²) in [7, 11) is 2.07. The maximum absolute atomic E-state index is 11.2. The number of amides is 1. The fraction of sp³-hybridized carbons (Fsp3) is 0.500. The van der Waals surface area contributed by atoms with Crippen molar-refractivity contribution in [3.05, 3.63) is 29.6 Å². The van der Waals surface area contributed by atoms with Crippen LogP contribution in [0.3, 0.4) is 0 Å². The van der Waals surface area contributed by atoms with Gasteiger partial charge in [0, 0.05) is 12.7 Å². The first kappa shape index (κ1) is 13.6. The van der Waals surface area contributed by atoms with Gasteiger partial charge in [0.25, 0.3) is 5.91 Å². The highest BCUT2D eigenvalue weighted by Crippen LogP contribution is 2.03. The molecule has 1 aromatic heterocycles. The molecule has 0 bridgehead atoms. The number of hydrogen-bond acceptors (Lipinski definition) is 4. The van der Waals surface area contributed by atoms with Gasteiger partial charge in [-0.05, 0) is 32.1 Å². The summed E-state index contributed by atoms with van der Waals surface area (Å²) in [5, 5.41) is 0. The molecule has 0 aliphatic heterocycles. The van der Waals surface area contributed by atoms with Crippen LogP contribution in [0.4, 0.5) is 0 Å². The van der Waals surface area contributed by atoms with Crippen molar-refractivity contribution in [1.82, 2.24) is 15.3 Å². The fourth-order valence-corrected chi connectivity index (χ4v) is 1.52. The first-order chi connectivity index (χ1) is 8.17. The molecule has 0 fully saturated rings. The van der Waals surface area contributed by atoms with E-state index in [4.69, 9.17) is 5.84 Å². The first-order valence-corrected chi connectivity index (χ1v) is 5.81. The molecule has 5 nitrogen and oxygen atoms in total. The van der Waals surface area contributed by atoms with E-state index in [1.807, 2.05) is 6.07 Å². The molecule has 0 radical (unpaired) electrons. The minimum atomic E-state index is -0.316. The largest absolute Gasteiger partial charge is 0.301 e. The first-order valence-electron chi connectivity index (χ1n) is 5.81. The number of nitrogens with one attached hydrogen (secondary N) is 1. The van der Waals surface area contributed by atoms with E-state index >= 15 is 0 Å². The maximum atomic E-state index is 11.2. The summed E-state index contributed by atoms with van der Waals surface area (Å²) in [5.74, 6) is 4.73. The fourth-order valence-electron chi connectivity index (χ4n) is 1.52. The van der Waals surface area contributed by atoms with Crippen LogP contribution in [-0.2, 0) is 6.54 Å². The summed E-state index contributed by atoms with van der Waals surface area (Å²) in [6.45, 7) is 4.03. The monoisotopic (exact) mass is 236 g/mol. The molecule has 0 aliphatic carbocycles. The van der Waals surface area contributed by atoms with Crippen molar-refractivity contribution in [3.8, 4) is 0 Å². The lowest BCUT2D eigenvalue weighted by molar-refractivity contribution is 0.0953. The van der Waals surface area contributed by atoms with E-state index in [0.29, 0.717) is 5.56 Å². The summed E-state index contributed by atoms with van der Waals surface area (Å²) < 4.78 is 0. The number of hydrogen-bond donors (Lipinski definition) is 2. The van der Waals surface area contributed by atoms with Gasteiger partial charge >= 0.3 is 0 Å². The van der Waals surface area contributed by atoms with E-state index in [0.717, 1.165) is 18.8 Å². The summed E-state index contributed by atoms with van der Waals surface area (Å²) in [4.78, 5) is 17.7. The van der Waals surface area contributed by atoms with Crippen molar-refractivity contribution < 1.29 is 4.79 Å². The zero-order valence-corrected chi connectivity index (χ0v) is 10.4. The summed E-state index contributed by atoms with van der Waals surface area (Å²) in [6.07, 6.45) is 3.92. The lowest BCUT2D eigenvalue weighted by atomic mass is 10.2. The lowest BCUT2D eigenvalue weighted by Crippen LogP contribution is -2.30. The number of carbonyl (C=O) groups excluding carboxylic acids is 1. The Bertz CT molecular complexity index is 350. The second kappa shape index (κ2) is 6.98. The van der Waals surface area contributed by atoms with Gasteiger partial charge in [-0.15, -0.1) is 0 Å². The maximum Gasteiger partial charge on any atom is 0.266 e. The van der Waals surface area contributed by atoms with Crippen LogP contribution in [0.25, 0.3) is 0 Å². The molecule has 0 saturated carbocycles. The molecule has 17 heavy (non-hydrogen) atoms. The number of pyridine rings is 1. The molecule has 1 aromatic rings. The summed E-state index contributed by atoms with van der Waals surface area (Å²) in [5.41, 5.74) is 3.51. The number of hydrazine groups is 1. The Balaban J connectivity index is 2.53. The van der Waals surface area contributed by atoms with Gasteiger partial charge in [-0.3, -0.25) is 15.2 Å². The molecule has 0 spiro atoms. The minimum absolute atomic E-state index is 0.316. The standard InChI is InChI=1S/C12H20N4O/c1-3-4-7-16(2)9-11-6-5-10(8-14-11)12(17)15-13/h5-6,8H,3-4,7,9,13H2,1-2H3,(H,15,17). The van der Waals surface area contributed by atoms with E-state index in [2.05, 4.69) is 29.3 Å². The number of nitrogens with two attached hydrogens (primary N) is 1. The molecule has 1 rings (SSSR count). The Labute approximate surface area is 102 Å². The van der Waals surface area contributed by atoms with Gasteiger partial charge in [-0.1, -0.05) is 13.3 Å². The van der Waals surface area contributed by atoms with Crippen LogP contribution in [0, 0.1) is 0 Å². The molecule has 1 amide bonds. The highest BCUT2D eigenvalue weighted by molar-refractivity contribution is 5.93. The Hall–Kier alpha value is -1.46. The molecule has 3 N–H and O–H groups in total. The second-order valence-electron chi connectivity index (χ2n) is 4.10. The molecule has 0 atom stereocenters. The number of nitrogens with zero attached hydrogens (tertiary/aromatic N) is 2. The van der Waals surface area contributed by atoms with Crippen LogP contribution in [-0.4, -0.2) is 29.4 Å². The molecular formula is C12H20N4O. The van der Waals surface area contributed by atoms with Gasteiger partial charge in [-0.2, -0.15) is 0 Å². The number of unbranched alkanes of at least 4 members (excludes halogenated alkanes) is 1. The van der Waals surface area contributed by atoms with Gasteiger partial charge < -0.3 is 4.90 Å². The minimum Gasteiger partial charge on any atom is -0.301 e. The van der Waals surface area contributed by atoms with Crippen molar-refractivity contribution >= 4 is 5.91 Å². The van der Waals surface area contributed by atoms with E-state index in [1.165, 1.54) is 12.8 Å². The molecule has 0 aromatic carbocycles. The Kier molecular flexibility index (Phi) is 5.59. The Morgan fingerprint density at radius 2 is 2.29 bits per heavy atom. The average Bonchev–Trinajstić information content (AvgIpc) is 2.36. The van der Waals surface area contributed by atoms with E-state index in [1.54, 1.807) is 12.3 Å². The van der Waals surface area contributed by atoms with Crippen LogP contribution in [0.1, 0.15) is 35.8 Å². The topological polar surface area (TPSA) is 71.2 Å². The molecule has 0 unspecified atom stereocenters. The van der Waals surface area contributed by atoms with Crippen LogP contribution in [0.5, 0.6) is 0 Å². The molecule has 94 valence electrons. The van der Waals surface area contributed by atoms with Crippen LogP contribution in [0.2, 0.25) is 0 Å². The molecular weight excluding hydrogens is 216 g/mol. The van der Waals surface area contributed by atoms with Crippen LogP contribution >= 0.6 is 0 Å². The molecule has 0 saturated heterocycles. The van der Waals surface area contributed by atoms with E-state index < -0.39 is 0 Å². The SMILES string of the molecule is CCCCN(C)Cc1ccc(C(=O)NN)cn1. The summed E-state index contributed by atoms with van der Waals surface area (Å²) in [6, 6.07) is 3.59. The van der Waals surface area contributed by atoms with E-state index in [9.17, 15) is 4.79 Å². The van der Waals surface area contributed by atoms with Gasteiger partial charge in [0.05, 0.1) is 11.3 Å². The second-order valence-corrected chi connectivity index (χ2v) is 4.10. The normalized spacial score (nSPS) is 10.6. The van der Waals surface area contributed by atoms with Crippen molar-refractivity contribution in [2.24, 2.45) is 5.84 Å². The highest BCUT2D eigenvalue weighted by Gasteiger charge is 2.05. The average molecular weight is 236 g/mol. The molecule has 5 heteroatoms. The lowest BCUT2D eigenvalue weighted by Gasteiger charge is -2.15. The zero-order valence-electron chi connectivity index (χ0n) is 10.4. The number of rotatable bonds is 6. The highest BCUT2D eigenvalue weighted by atomic mass is 16.2. The quantitative estimate of drug-likeness (QED) is 0.437. The Morgan fingerprint density at radius 1 is 1.53 bits per heavy atom. The number of carbonyl (C=O) groups is 1. The van der Waals surface area contributed by atoms with Crippen molar-refractivity contribution in [3.63, 3.8) is 0 Å². The molecule has 0 aliphatic rings. The van der Waals surface area contributed by atoms with Gasteiger partial charge in [0.1, 0.15) is 0 Å². The van der Waals surface area contributed by atoms with E-state index in [-0.39, 0.29) is 5.91 Å². The van der Waals surface area contributed by atoms with Crippen molar-refractivity contribution in [1.29, 1.82) is 0 Å². The molecule has 1 heterocycles. The number of aromatic nitrogens is 1. The number of nitrogen functional groups attached to an aromatic ring is 1. The summed E-state index contributed by atoms with van der Waals surface area (Å²) >= 11 is 0. The Morgan fingerprint density at radius 3 is 2.82 bits per heavy atom.